The summed E-state index contributed by atoms with van der Waals surface area (Å²) in [5.41, 5.74) is 0.774. The van der Waals surface area contributed by atoms with Crippen molar-refractivity contribution in [3.05, 3.63) is 30.1 Å². The zero-order chi connectivity index (χ0) is 11.3. The van der Waals surface area contributed by atoms with Crippen molar-refractivity contribution in [1.29, 1.82) is 0 Å². The molecular weight excluding hydrogens is 234 g/mol. The summed E-state index contributed by atoms with van der Waals surface area (Å²) in [4.78, 5) is 15.1. The lowest BCUT2D eigenvalue weighted by Crippen LogP contribution is -2.33. The Morgan fingerprint density at radius 2 is 2.27 bits per heavy atom. The Morgan fingerprint density at radius 1 is 1.53 bits per heavy atom. The van der Waals surface area contributed by atoms with Crippen LogP contribution in [0.4, 0.5) is 4.79 Å². The maximum absolute atomic E-state index is 11.1. The smallest absolute Gasteiger partial charge is 0.435 e. The fraction of sp³-hybridized carbons (Fsp3) is 0.250. The van der Waals surface area contributed by atoms with Crippen LogP contribution in [0.2, 0.25) is 0 Å². The van der Waals surface area contributed by atoms with Gasteiger partial charge in [-0.2, -0.15) is 4.41 Å². The van der Waals surface area contributed by atoms with Crippen LogP contribution in [0.25, 0.3) is 0 Å². The van der Waals surface area contributed by atoms with Crippen molar-refractivity contribution in [2.45, 2.75) is 6.54 Å². The van der Waals surface area contributed by atoms with Crippen LogP contribution < -0.4 is 0 Å². The van der Waals surface area contributed by atoms with Gasteiger partial charge in [0.1, 0.15) is 0 Å². The van der Waals surface area contributed by atoms with Crippen LogP contribution in [0.15, 0.2) is 24.4 Å². The molecule has 0 radical (unpaired) electrons. The number of methoxy groups -OCH3 is 1. The van der Waals surface area contributed by atoms with E-state index in [4.69, 9.17) is 0 Å². The van der Waals surface area contributed by atoms with Gasteiger partial charge in [-0.1, -0.05) is 18.9 Å². The summed E-state index contributed by atoms with van der Waals surface area (Å²) in [7, 11) is 1.27. The Hall–Kier alpha value is -0.920. The van der Waals surface area contributed by atoms with Gasteiger partial charge in [-0.15, -0.1) is 4.41 Å². The van der Waals surface area contributed by atoms with E-state index in [1.54, 1.807) is 6.20 Å². The van der Waals surface area contributed by atoms with Crippen molar-refractivity contribution >= 4 is 31.7 Å². The number of hydrogen-bond acceptors (Lipinski definition) is 6. The molecular formula is C8H11N3O2S2. The Labute approximate surface area is 99.1 Å². The second-order valence-electron chi connectivity index (χ2n) is 2.61. The molecule has 0 aliphatic rings. The molecule has 5 nitrogen and oxygen atoms in total. The minimum Gasteiger partial charge on any atom is -0.451 e. The quantitative estimate of drug-likeness (QED) is 0.626. The second-order valence-corrected chi connectivity index (χ2v) is 3.45. The highest BCUT2D eigenvalue weighted by atomic mass is 32.1. The number of aromatic nitrogens is 1. The average Bonchev–Trinajstić information content (AvgIpc) is 2.28. The third-order valence-electron chi connectivity index (χ3n) is 1.59. The molecule has 7 heteroatoms. The summed E-state index contributed by atoms with van der Waals surface area (Å²) in [5, 5.41) is 0. The maximum Gasteiger partial charge on any atom is 0.435 e. The topological polar surface area (TPSA) is 45.7 Å². The molecule has 0 saturated carbocycles. The van der Waals surface area contributed by atoms with E-state index >= 15 is 0 Å². The molecule has 1 aromatic heterocycles. The number of hydrogen-bond donors (Lipinski definition) is 2. The van der Waals surface area contributed by atoms with Gasteiger partial charge in [0.25, 0.3) is 0 Å². The SMILES string of the molecule is COC(=O)N(S)N(S)Cc1ccccn1. The number of carbonyl (C=O) groups is 1. The molecule has 0 atom stereocenters. The van der Waals surface area contributed by atoms with Crippen LogP contribution in [0.1, 0.15) is 5.69 Å². The molecule has 0 saturated heterocycles. The van der Waals surface area contributed by atoms with E-state index in [2.05, 4.69) is 35.4 Å². The summed E-state index contributed by atoms with van der Waals surface area (Å²) in [6, 6.07) is 5.48. The van der Waals surface area contributed by atoms with Crippen LogP contribution in [0.5, 0.6) is 0 Å². The number of pyridine rings is 1. The van der Waals surface area contributed by atoms with E-state index in [1.165, 1.54) is 11.5 Å². The Morgan fingerprint density at radius 3 is 2.80 bits per heavy atom. The summed E-state index contributed by atoms with van der Waals surface area (Å²) < 4.78 is 6.72. The van der Waals surface area contributed by atoms with Gasteiger partial charge in [0.15, 0.2) is 0 Å². The molecule has 0 N–H and O–H groups in total. The normalized spacial score (nSPS) is 10.1. The molecule has 1 heterocycles. The first-order valence-electron chi connectivity index (χ1n) is 4.08. The van der Waals surface area contributed by atoms with Crippen LogP contribution in [0, 0.1) is 0 Å². The minimum atomic E-state index is -0.607. The Kier molecular flexibility index (Phi) is 4.73. The number of hydrazine groups is 1. The molecule has 1 aromatic rings. The van der Waals surface area contributed by atoms with Crippen molar-refractivity contribution in [2.75, 3.05) is 7.11 Å². The summed E-state index contributed by atoms with van der Waals surface area (Å²) in [5.74, 6) is 0. The summed E-state index contributed by atoms with van der Waals surface area (Å²) in [6.45, 7) is 0.350. The van der Waals surface area contributed by atoms with Crippen molar-refractivity contribution < 1.29 is 9.53 Å². The lowest BCUT2D eigenvalue weighted by atomic mass is 10.4. The summed E-state index contributed by atoms with van der Waals surface area (Å²) >= 11 is 7.98. The van der Waals surface area contributed by atoms with E-state index < -0.39 is 6.09 Å². The van der Waals surface area contributed by atoms with Crippen LogP contribution in [-0.2, 0) is 11.3 Å². The maximum atomic E-state index is 11.1. The van der Waals surface area contributed by atoms with Gasteiger partial charge in [0.05, 0.1) is 19.3 Å². The van der Waals surface area contributed by atoms with E-state index in [-0.39, 0.29) is 0 Å². The summed E-state index contributed by atoms with van der Waals surface area (Å²) in [6.07, 6.45) is 1.06. The van der Waals surface area contributed by atoms with E-state index in [0.29, 0.717) is 6.54 Å². The highest BCUT2D eigenvalue weighted by molar-refractivity contribution is 7.81. The van der Waals surface area contributed by atoms with Gasteiger partial charge in [0.2, 0.25) is 0 Å². The lowest BCUT2D eigenvalue weighted by Gasteiger charge is -2.23. The molecule has 0 unspecified atom stereocenters. The Bertz CT molecular complexity index is 323. The number of thiol groups is 2. The monoisotopic (exact) mass is 245 g/mol. The van der Waals surface area contributed by atoms with Gasteiger partial charge in [-0.3, -0.25) is 4.98 Å². The first-order chi connectivity index (χ1) is 7.15. The zero-order valence-corrected chi connectivity index (χ0v) is 9.86. The van der Waals surface area contributed by atoms with E-state index in [1.807, 2.05) is 18.2 Å². The fourth-order valence-electron chi connectivity index (χ4n) is 0.879. The van der Waals surface area contributed by atoms with Crippen LogP contribution in [-0.4, -0.2) is 27.0 Å². The molecule has 1 amide bonds. The largest absolute Gasteiger partial charge is 0.451 e. The second kappa shape index (κ2) is 5.84. The number of ether oxygens (including phenoxy) is 1. The molecule has 0 aliphatic heterocycles. The van der Waals surface area contributed by atoms with E-state index in [0.717, 1.165) is 10.1 Å². The first kappa shape index (κ1) is 12.2. The number of amides is 1. The van der Waals surface area contributed by atoms with Gasteiger partial charge in [0, 0.05) is 6.20 Å². The third-order valence-corrected chi connectivity index (χ3v) is 2.43. The highest BCUT2D eigenvalue weighted by Gasteiger charge is 2.16. The zero-order valence-electron chi connectivity index (χ0n) is 8.07. The predicted octanol–water partition coefficient (Wildman–Crippen LogP) is 1.56. The molecule has 0 aromatic carbocycles. The first-order valence-corrected chi connectivity index (χ1v) is 4.88. The van der Waals surface area contributed by atoms with Gasteiger partial charge < -0.3 is 4.74 Å². The Balaban J connectivity index is 2.56. The number of rotatable bonds is 3. The molecule has 82 valence electrons. The van der Waals surface area contributed by atoms with Crippen molar-refractivity contribution in [3.8, 4) is 0 Å². The van der Waals surface area contributed by atoms with Crippen molar-refractivity contribution in [2.24, 2.45) is 0 Å². The van der Waals surface area contributed by atoms with Gasteiger partial charge in [-0.05, 0) is 24.9 Å². The number of carbonyl (C=O) groups excluding carboxylic acids is 1. The van der Waals surface area contributed by atoms with Crippen molar-refractivity contribution in [1.82, 2.24) is 13.8 Å². The molecule has 1 rings (SSSR count). The van der Waals surface area contributed by atoms with Crippen LogP contribution in [0.3, 0.4) is 0 Å². The molecule has 15 heavy (non-hydrogen) atoms. The minimum absolute atomic E-state index is 0.350. The van der Waals surface area contributed by atoms with E-state index in [9.17, 15) is 4.79 Å². The fourth-order valence-corrected chi connectivity index (χ4v) is 1.24. The van der Waals surface area contributed by atoms with Gasteiger partial charge >= 0.3 is 6.09 Å². The standard InChI is InChI=1S/C8H11N3O2S2/c1-13-8(12)11(15)10(14)6-7-4-2-3-5-9-7/h2-5,14-15H,6H2,1H3. The molecule has 0 fully saturated rings. The van der Waals surface area contributed by atoms with Gasteiger partial charge in [-0.25, -0.2) is 4.79 Å². The highest BCUT2D eigenvalue weighted by Crippen LogP contribution is 2.11. The third kappa shape index (κ3) is 3.61. The number of nitrogens with zero attached hydrogens (tertiary/aromatic N) is 3. The molecule has 0 bridgehead atoms. The average molecular weight is 245 g/mol. The van der Waals surface area contributed by atoms with Crippen molar-refractivity contribution in [3.63, 3.8) is 0 Å². The lowest BCUT2D eigenvalue weighted by molar-refractivity contribution is 0.109. The molecule has 0 spiro atoms. The predicted molar refractivity (Wildman–Crippen MR) is 62.0 cm³/mol. The molecule has 0 aliphatic carbocycles. The van der Waals surface area contributed by atoms with Crippen LogP contribution >= 0.6 is 25.6 Å².